The fourth-order valence-electron chi connectivity index (χ4n) is 1.29. The highest BCUT2D eigenvalue weighted by atomic mass is 19.4. The summed E-state index contributed by atoms with van der Waals surface area (Å²) in [4.78, 5) is 21.7. The van der Waals surface area contributed by atoms with Gasteiger partial charge in [0.2, 0.25) is 0 Å². The van der Waals surface area contributed by atoms with Crippen molar-refractivity contribution < 1.29 is 32.6 Å². The molecule has 0 spiro atoms. The minimum atomic E-state index is -4.60. The van der Waals surface area contributed by atoms with Crippen molar-refractivity contribution in [2.24, 2.45) is 0 Å². The van der Waals surface area contributed by atoms with E-state index in [1.807, 2.05) is 0 Å². The lowest BCUT2D eigenvalue weighted by atomic mass is 10.0. The van der Waals surface area contributed by atoms with E-state index in [1.54, 1.807) is 0 Å². The fourth-order valence-corrected chi connectivity index (χ4v) is 1.29. The van der Waals surface area contributed by atoms with Crippen molar-refractivity contribution in [1.29, 1.82) is 0 Å². The van der Waals surface area contributed by atoms with Gasteiger partial charge < -0.3 is 9.84 Å². The fraction of sp³-hybridized carbons (Fsp3) is 0.231. The Kier molecular flexibility index (Phi) is 4.75. The van der Waals surface area contributed by atoms with Gasteiger partial charge in [-0.05, 0) is 18.2 Å². The summed E-state index contributed by atoms with van der Waals surface area (Å²) < 4.78 is 41.9. The summed E-state index contributed by atoms with van der Waals surface area (Å²) in [5.41, 5.74) is -1.68. The van der Waals surface area contributed by atoms with Gasteiger partial charge >= 0.3 is 18.1 Å². The Balaban J connectivity index is 3.19. The molecular formula is C13H9F3O4. The Labute approximate surface area is 112 Å². The minimum absolute atomic E-state index is 0.309. The zero-order chi connectivity index (χ0) is 15.3. The van der Waals surface area contributed by atoms with Crippen molar-refractivity contribution in [3.05, 3.63) is 34.9 Å². The van der Waals surface area contributed by atoms with Crippen LogP contribution in [0.5, 0.6) is 0 Å². The molecule has 0 aliphatic rings. The highest BCUT2D eigenvalue weighted by Crippen LogP contribution is 2.30. The van der Waals surface area contributed by atoms with E-state index in [0.29, 0.717) is 12.1 Å². The van der Waals surface area contributed by atoms with Crippen LogP contribution in [-0.4, -0.2) is 24.2 Å². The van der Waals surface area contributed by atoms with E-state index in [9.17, 15) is 22.8 Å². The third kappa shape index (κ3) is 4.02. The lowest BCUT2D eigenvalue weighted by Gasteiger charge is -2.08. The number of carboxylic acids is 1. The molecule has 0 fully saturated rings. The predicted molar refractivity (Wildman–Crippen MR) is 61.9 cm³/mol. The van der Waals surface area contributed by atoms with Crippen LogP contribution in [0, 0.1) is 11.8 Å². The summed E-state index contributed by atoms with van der Waals surface area (Å²) in [5.74, 6) is 2.44. The van der Waals surface area contributed by atoms with Crippen LogP contribution >= 0.6 is 0 Å². The number of ether oxygens (including phenoxy) is 1. The summed E-state index contributed by atoms with van der Waals surface area (Å²) in [5, 5.41) is 8.87. The van der Waals surface area contributed by atoms with Crippen LogP contribution < -0.4 is 0 Å². The van der Waals surface area contributed by atoms with Gasteiger partial charge in [-0.1, -0.05) is 11.8 Å². The van der Waals surface area contributed by atoms with E-state index in [4.69, 9.17) is 5.11 Å². The summed E-state index contributed by atoms with van der Waals surface area (Å²) in [6.07, 6.45) is -4.94. The molecule has 1 rings (SSSR count). The molecule has 106 valence electrons. The number of hydrogen-bond acceptors (Lipinski definition) is 3. The molecule has 20 heavy (non-hydrogen) atoms. The van der Waals surface area contributed by atoms with E-state index in [-0.39, 0.29) is 17.5 Å². The first-order valence-electron chi connectivity index (χ1n) is 5.26. The molecule has 0 saturated heterocycles. The molecule has 0 heterocycles. The van der Waals surface area contributed by atoms with Gasteiger partial charge in [-0.2, -0.15) is 13.2 Å². The first kappa shape index (κ1) is 15.6. The number of esters is 1. The van der Waals surface area contributed by atoms with E-state index in [0.717, 1.165) is 13.2 Å². The molecule has 0 amide bonds. The minimum Gasteiger partial charge on any atom is -0.478 e. The van der Waals surface area contributed by atoms with Crippen LogP contribution in [0.2, 0.25) is 0 Å². The van der Waals surface area contributed by atoms with Crippen LogP contribution in [0.15, 0.2) is 18.2 Å². The van der Waals surface area contributed by atoms with Crippen molar-refractivity contribution in [2.75, 3.05) is 7.11 Å². The summed E-state index contributed by atoms with van der Waals surface area (Å²) in [7, 11) is 1.14. The number of carboxylic acid groups (broad SMARTS) is 1. The number of rotatable bonds is 2. The molecule has 0 aromatic heterocycles. The van der Waals surface area contributed by atoms with Crippen LogP contribution in [0.3, 0.4) is 0 Å². The molecule has 0 unspecified atom stereocenters. The third-order valence-electron chi connectivity index (χ3n) is 2.26. The average molecular weight is 286 g/mol. The Bertz CT molecular complexity index is 594. The number of methoxy groups -OCH3 is 1. The van der Waals surface area contributed by atoms with Gasteiger partial charge in [-0.3, -0.25) is 4.79 Å². The Hall–Kier alpha value is -2.49. The highest BCUT2D eigenvalue weighted by Gasteiger charge is 2.31. The zero-order valence-electron chi connectivity index (χ0n) is 10.2. The molecule has 0 atom stereocenters. The monoisotopic (exact) mass is 286 g/mol. The highest BCUT2D eigenvalue weighted by molar-refractivity contribution is 5.91. The van der Waals surface area contributed by atoms with Gasteiger partial charge in [-0.15, -0.1) is 0 Å². The van der Waals surface area contributed by atoms with Crippen molar-refractivity contribution in [3.8, 4) is 11.8 Å². The smallest absolute Gasteiger partial charge is 0.416 e. The van der Waals surface area contributed by atoms with Crippen molar-refractivity contribution in [1.82, 2.24) is 0 Å². The summed E-state index contributed by atoms with van der Waals surface area (Å²) >= 11 is 0. The van der Waals surface area contributed by atoms with E-state index >= 15 is 0 Å². The predicted octanol–water partition coefficient (Wildman–Crippen LogP) is 2.32. The normalized spacial score (nSPS) is 10.4. The molecule has 0 aliphatic carbocycles. The Morgan fingerprint density at radius 2 is 2.00 bits per heavy atom. The standard InChI is InChI=1S/C13H9F3O4/c1-20-11(17)4-2-3-8-7-9(13(14,15)16)5-6-10(8)12(18)19/h5-7H,4H2,1H3,(H,18,19). The van der Waals surface area contributed by atoms with Crippen LogP contribution in [0.4, 0.5) is 13.2 Å². The van der Waals surface area contributed by atoms with Gasteiger partial charge in [0.05, 0.1) is 18.2 Å². The molecule has 0 aliphatic heterocycles. The van der Waals surface area contributed by atoms with E-state index in [2.05, 4.69) is 16.6 Å². The average Bonchev–Trinajstić information content (AvgIpc) is 2.37. The molecule has 0 saturated carbocycles. The first-order valence-corrected chi connectivity index (χ1v) is 5.26. The molecule has 0 bridgehead atoms. The van der Waals surface area contributed by atoms with Gasteiger partial charge in [0.25, 0.3) is 0 Å². The van der Waals surface area contributed by atoms with Gasteiger partial charge in [-0.25, -0.2) is 4.79 Å². The number of aromatic carboxylic acids is 1. The van der Waals surface area contributed by atoms with Crippen molar-refractivity contribution in [2.45, 2.75) is 12.6 Å². The molecule has 1 N–H and O–H groups in total. The van der Waals surface area contributed by atoms with Gasteiger partial charge in [0, 0.05) is 5.56 Å². The molecule has 4 nitrogen and oxygen atoms in total. The maximum atomic E-state index is 12.5. The van der Waals surface area contributed by atoms with Crippen molar-refractivity contribution in [3.63, 3.8) is 0 Å². The molecular weight excluding hydrogens is 277 g/mol. The molecule has 1 aromatic rings. The maximum absolute atomic E-state index is 12.5. The number of halogens is 3. The molecule has 0 radical (unpaired) electrons. The number of carbonyl (C=O) groups is 2. The van der Waals surface area contributed by atoms with Crippen LogP contribution in [-0.2, 0) is 15.7 Å². The zero-order valence-corrected chi connectivity index (χ0v) is 10.2. The second kappa shape index (κ2) is 6.10. The quantitative estimate of drug-likeness (QED) is 0.669. The lowest BCUT2D eigenvalue weighted by Crippen LogP contribution is -2.08. The first-order chi connectivity index (χ1) is 9.25. The van der Waals surface area contributed by atoms with Gasteiger partial charge in [0.15, 0.2) is 0 Å². The number of alkyl halides is 3. The maximum Gasteiger partial charge on any atom is 0.416 e. The third-order valence-corrected chi connectivity index (χ3v) is 2.26. The summed E-state index contributed by atoms with van der Waals surface area (Å²) in [6.45, 7) is 0. The topological polar surface area (TPSA) is 63.6 Å². The summed E-state index contributed by atoms with van der Waals surface area (Å²) in [6, 6.07) is 2.12. The Morgan fingerprint density at radius 3 is 2.50 bits per heavy atom. The van der Waals surface area contributed by atoms with Crippen molar-refractivity contribution >= 4 is 11.9 Å². The Morgan fingerprint density at radius 1 is 1.35 bits per heavy atom. The SMILES string of the molecule is COC(=O)CC#Cc1cc(C(F)(F)F)ccc1C(=O)O. The number of hydrogen-bond donors (Lipinski definition) is 1. The number of carbonyl (C=O) groups excluding carboxylic acids is 1. The lowest BCUT2D eigenvalue weighted by molar-refractivity contribution is -0.139. The van der Waals surface area contributed by atoms with E-state index < -0.39 is 23.7 Å². The number of benzene rings is 1. The molecule has 7 heteroatoms. The van der Waals surface area contributed by atoms with Gasteiger partial charge in [0.1, 0.15) is 6.42 Å². The van der Waals surface area contributed by atoms with Crippen LogP contribution in [0.25, 0.3) is 0 Å². The second-order valence-electron chi connectivity index (χ2n) is 3.62. The molecule has 1 aromatic carbocycles. The van der Waals surface area contributed by atoms with Crippen LogP contribution in [0.1, 0.15) is 27.9 Å². The largest absolute Gasteiger partial charge is 0.478 e. The second-order valence-corrected chi connectivity index (χ2v) is 3.62. The van der Waals surface area contributed by atoms with E-state index in [1.165, 1.54) is 0 Å².